The molecule has 2 N–H and O–H groups in total. The molecule has 3 heteroatoms. The maximum Gasteiger partial charge on any atom is 0.172 e. The van der Waals surface area contributed by atoms with Gasteiger partial charge in [-0.15, -0.1) is 0 Å². The molecule has 0 bridgehead atoms. The largest absolute Gasteiger partial charge is 0.488 e. The molecular weight excluding hydrogens is 238 g/mol. The maximum atomic E-state index is 6.05. The summed E-state index contributed by atoms with van der Waals surface area (Å²) in [4.78, 5) is 0. The van der Waals surface area contributed by atoms with Crippen molar-refractivity contribution in [2.45, 2.75) is 33.2 Å². The van der Waals surface area contributed by atoms with E-state index in [1.54, 1.807) is 6.26 Å². The normalized spacial score (nSPS) is 23.0. The van der Waals surface area contributed by atoms with Gasteiger partial charge in [0.2, 0.25) is 0 Å². The number of nitrogens with two attached hydrogens (primary N) is 1. The molecular formula is C16H23NO2. The zero-order valence-corrected chi connectivity index (χ0v) is 11.9. The van der Waals surface area contributed by atoms with Crippen molar-refractivity contribution in [3.63, 3.8) is 0 Å². The predicted molar refractivity (Wildman–Crippen MR) is 77.0 cm³/mol. The van der Waals surface area contributed by atoms with Crippen LogP contribution in [0, 0.1) is 11.8 Å². The Bertz CT molecular complexity index is 444. The minimum atomic E-state index is 0.0624. The molecule has 0 spiro atoms. The molecule has 0 amide bonds. The number of hydrogen-bond donors (Lipinski definition) is 1. The summed E-state index contributed by atoms with van der Waals surface area (Å²) in [6.07, 6.45) is 10.7. The van der Waals surface area contributed by atoms with E-state index in [9.17, 15) is 0 Å². The van der Waals surface area contributed by atoms with E-state index in [2.05, 4.69) is 32.9 Å². The SMILES string of the molecule is CC(C)CC(N)COC1=C2OC=CC=C2C(C)C=C1. The Labute approximate surface area is 115 Å². The van der Waals surface area contributed by atoms with Crippen molar-refractivity contribution in [1.29, 1.82) is 0 Å². The van der Waals surface area contributed by atoms with E-state index in [1.165, 1.54) is 0 Å². The molecule has 0 aromatic carbocycles. The van der Waals surface area contributed by atoms with E-state index in [1.807, 2.05) is 12.2 Å². The molecule has 1 aliphatic heterocycles. The van der Waals surface area contributed by atoms with Crippen molar-refractivity contribution >= 4 is 0 Å². The van der Waals surface area contributed by atoms with Gasteiger partial charge < -0.3 is 15.2 Å². The Balaban J connectivity index is 2.02. The lowest BCUT2D eigenvalue weighted by molar-refractivity contribution is 0.174. The first-order chi connectivity index (χ1) is 9.08. The third kappa shape index (κ3) is 3.51. The summed E-state index contributed by atoms with van der Waals surface area (Å²) in [5.74, 6) is 2.56. The van der Waals surface area contributed by atoms with Gasteiger partial charge >= 0.3 is 0 Å². The first kappa shape index (κ1) is 13.9. The van der Waals surface area contributed by atoms with Gasteiger partial charge in [0.05, 0.1) is 6.26 Å². The topological polar surface area (TPSA) is 44.5 Å². The van der Waals surface area contributed by atoms with Crippen LogP contribution in [0.25, 0.3) is 0 Å². The molecule has 2 unspecified atom stereocenters. The fraction of sp³-hybridized carbons (Fsp3) is 0.500. The van der Waals surface area contributed by atoms with Crippen LogP contribution >= 0.6 is 0 Å². The highest BCUT2D eigenvalue weighted by Gasteiger charge is 2.23. The second-order valence-electron chi connectivity index (χ2n) is 5.61. The monoisotopic (exact) mass is 261 g/mol. The van der Waals surface area contributed by atoms with E-state index in [0.29, 0.717) is 18.4 Å². The molecule has 3 nitrogen and oxygen atoms in total. The second-order valence-corrected chi connectivity index (χ2v) is 5.61. The lowest BCUT2D eigenvalue weighted by Crippen LogP contribution is -2.28. The Morgan fingerprint density at radius 3 is 2.95 bits per heavy atom. The zero-order valence-electron chi connectivity index (χ0n) is 11.9. The summed E-state index contributed by atoms with van der Waals surface area (Å²) >= 11 is 0. The molecule has 2 rings (SSSR count). The number of rotatable bonds is 5. The summed E-state index contributed by atoms with van der Waals surface area (Å²) < 4.78 is 11.4. The van der Waals surface area contributed by atoms with Crippen molar-refractivity contribution in [3.8, 4) is 0 Å². The molecule has 2 atom stereocenters. The Morgan fingerprint density at radius 2 is 2.21 bits per heavy atom. The van der Waals surface area contributed by atoms with E-state index in [-0.39, 0.29) is 6.04 Å². The highest BCUT2D eigenvalue weighted by Crippen LogP contribution is 2.32. The molecule has 0 aromatic heterocycles. The molecule has 19 heavy (non-hydrogen) atoms. The van der Waals surface area contributed by atoms with Crippen LogP contribution in [0.15, 0.2) is 47.7 Å². The van der Waals surface area contributed by atoms with Gasteiger partial charge in [-0.25, -0.2) is 0 Å². The average Bonchev–Trinajstić information content (AvgIpc) is 2.37. The van der Waals surface area contributed by atoms with Crippen LogP contribution in [0.2, 0.25) is 0 Å². The van der Waals surface area contributed by atoms with Crippen molar-refractivity contribution in [2.75, 3.05) is 6.61 Å². The van der Waals surface area contributed by atoms with Crippen molar-refractivity contribution < 1.29 is 9.47 Å². The van der Waals surface area contributed by atoms with E-state index < -0.39 is 0 Å². The number of allylic oxidation sites excluding steroid dienone is 5. The molecule has 1 aliphatic carbocycles. The molecule has 0 aromatic rings. The van der Waals surface area contributed by atoms with Gasteiger partial charge in [0.25, 0.3) is 0 Å². The van der Waals surface area contributed by atoms with Crippen LogP contribution in [-0.2, 0) is 9.47 Å². The lowest BCUT2D eigenvalue weighted by Gasteiger charge is -2.25. The van der Waals surface area contributed by atoms with Crippen molar-refractivity contribution in [1.82, 2.24) is 0 Å². The molecule has 0 radical (unpaired) electrons. The fourth-order valence-corrected chi connectivity index (χ4v) is 2.35. The maximum absolute atomic E-state index is 6.05. The minimum absolute atomic E-state index is 0.0624. The summed E-state index contributed by atoms with van der Waals surface area (Å²) in [5, 5.41) is 0. The average molecular weight is 261 g/mol. The van der Waals surface area contributed by atoms with Crippen LogP contribution in [0.3, 0.4) is 0 Å². The van der Waals surface area contributed by atoms with Gasteiger partial charge in [0.1, 0.15) is 6.61 Å². The summed E-state index contributed by atoms with van der Waals surface area (Å²) in [6, 6.07) is 0.0624. The molecule has 0 fully saturated rings. The highest BCUT2D eigenvalue weighted by molar-refractivity contribution is 5.44. The minimum Gasteiger partial charge on any atom is -0.488 e. The standard InChI is InChI=1S/C16H23NO2/c1-11(2)9-13(17)10-19-15-7-6-12(3)14-5-4-8-18-16(14)15/h4-8,11-13H,9-10,17H2,1-3H3. The van der Waals surface area contributed by atoms with E-state index in [4.69, 9.17) is 15.2 Å². The van der Waals surface area contributed by atoms with E-state index >= 15 is 0 Å². The Morgan fingerprint density at radius 1 is 1.42 bits per heavy atom. The first-order valence-corrected chi connectivity index (χ1v) is 6.92. The molecule has 2 aliphatic rings. The smallest absolute Gasteiger partial charge is 0.172 e. The molecule has 0 saturated carbocycles. The third-order valence-corrected chi connectivity index (χ3v) is 3.28. The van der Waals surface area contributed by atoms with Crippen LogP contribution in [0.1, 0.15) is 27.2 Å². The van der Waals surface area contributed by atoms with Crippen molar-refractivity contribution in [2.24, 2.45) is 17.6 Å². The highest BCUT2D eigenvalue weighted by atomic mass is 16.5. The summed E-state index contributed by atoms with van der Waals surface area (Å²) in [5.41, 5.74) is 7.21. The number of fused-ring (bicyclic) bond motifs is 1. The molecule has 1 heterocycles. The lowest BCUT2D eigenvalue weighted by atomic mass is 9.93. The van der Waals surface area contributed by atoms with E-state index in [0.717, 1.165) is 23.5 Å². The second kappa shape index (κ2) is 6.11. The Hall–Kier alpha value is -1.48. The van der Waals surface area contributed by atoms with Crippen LogP contribution in [-0.4, -0.2) is 12.6 Å². The van der Waals surface area contributed by atoms with Crippen LogP contribution in [0.5, 0.6) is 0 Å². The molecule has 0 saturated heterocycles. The third-order valence-electron chi connectivity index (χ3n) is 3.28. The van der Waals surface area contributed by atoms with Gasteiger partial charge in [-0.1, -0.05) is 32.9 Å². The number of hydrogen-bond acceptors (Lipinski definition) is 3. The Kier molecular flexibility index (Phi) is 4.48. The summed E-state index contributed by atoms with van der Waals surface area (Å²) in [6.45, 7) is 7.00. The zero-order chi connectivity index (χ0) is 13.8. The number of ether oxygens (including phenoxy) is 2. The van der Waals surface area contributed by atoms with Gasteiger partial charge in [0.15, 0.2) is 11.5 Å². The van der Waals surface area contributed by atoms with Gasteiger partial charge in [-0.3, -0.25) is 0 Å². The summed E-state index contributed by atoms with van der Waals surface area (Å²) in [7, 11) is 0. The quantitative estimate of drug-likeness (QED) is 0.826. The first-order valence-electron chi connectivity index (χ1n) is 6.92. The van der Waals surface area contributed by atoms with Crippen LogP contribution in [0.4, 0.5) is 0 Å². The van der Waals surface area contributed by atoms with Crippen LogP contribution < -0.4 is 5.73 Å². The molecule has 104 valence electrons. The van der Waals surface area contributed by atoms with Gasteiger partial charge in [-0.2, -0.15) is 0 Å². The predicted octanol–water partition coefficient (Wildman–Crippen LogP) is 3.26. The fourth-order valence-electron chi connectivity index (χ4n) is 2.35. The van der Waals surface area contributed by atoms with Gasteiger partial charge in [0, 0.05) is 17.5 Å². The van der Waals surface area contributed by atoms with Gasteiger partial charge in [-0.05, 0) is 24.5 Å². The van der Waals surface area contributed by atoms with Crippen molar-refractivity contribution in [3.05, 3.63) is 47.7 Å².